The predicted octanol–water partition coefficient (Wildman–Crippen LogP) is 11.4. The van der Waals surface area contributed by atoms with Gasteiger partial charge in [0.2, 0.25) is 0 Å². The smallest absolute Gasteiger partial charge is 0.0548 e. The second-order valence-corrected chi connectivity index (χ2v) is 12.4. The van der Waals surface area contributed by atoms with Gasteiger partial charge in [0.25, 0.3) is 0 Å². The van der Waals surface area contributed by atoms with E-state index in [1.165, 1.54) is 53.2 Å². The Balaban J connectivity index is 1.21. The topological polar surface area (TPSA) is 21.1 Å². The van der Waals surface area contributed by atoms with Crippen molar-refractivity contribution in [3.8, 4) is 16.8 Å². The highest BCUT2D eigenvalue weighted by molar-refractivity contribution is 7.26. The molecule has 212 valence electrons. The van der Waals surface area contributed by atoms with Crippen LogP contribution in [0, 0.1) is 0 Å². The molecule has 0 saturated heterocycles. The van der Waals surface area contributed by atoms with Crippen LogP contribution in [0.2, 0.25) is 0 Å². The zero-order valence-electron chi connectivity index (χ0n) is 24.4. The molecule has 0 amide bonds. The van der Waals surface area contributed by atoms with Gasteiger partial charge in [-0.3, -0.25) is 4.98 Å². The van der Waals surface area contributed by atoms with Crippen LogP contribution >= 0.6 is 11.3 Å². The Bertz CT molecular complexity index is 2440. The molecule has 3 aromatic heterocycles. The molecule has 0 bridgehead atoms. The molecular formula is C41H27N3S. The van der Waals surface area contributed by atoms with Crippen LogP contribution in [0.15, 0.2) is 159 Å². The fourth-order valence-electron chi connectivity index (χ4n) is 6.71. The van der Waals surface area contributed by atoms with Crippen LogP contribution in [0.25, 0.3) is 64.4 Å². The molecule has 4 heteroatoms. The van der Waals surface area contributed by atoms with Crippen LogP contribution in [0.4, 0.5) is 11.4 Å². The lowest BCUT2D eigenvalue weighted by Crippen LogP contribution is -2.11. The number of nitrogens with zero attached hydrogens (tertiary/aromatic N) is 3. The highest BCUT2D eigenvalue weighted by atomic mass is 32.1. The monoisotopic (exact) mass is 593 g/mol. The van der Waals surface area contributed by atoms with Crippen LogP contribution in [-0.2, 0) is 0 Å². The summed E-state index contributed by atoms with van der Waals surface area (Å²) in [6, 6.07) is 41.5. The number of thiophene rings is 1. The molecule has 3 nitrogen and oxygen atoms in total. The maximum Gasteiger partial charge on any atom is 0.0548 e. The van der Waals surface area contributed by atoms with Gasteiger partial charge in [-0.05, 0) is 77.4 Å². The van der Waals surface area contributed by atoms with Crippen molar-refractivity contribution in [3.05, 3.63) is 164 Å². The van der Waals surface area contributed by atoms with Crippen LogP contribution in [0.1, 0.15) is 5.56 Å². The Hall–Kier alpha value is -5.71. The molecule has 0 aliphatic carbocycles. The Kier molecular flexibility index (Phi) is 5.83. The maximum atomic E-state index is 4.53. The molecule has 0 N–H and O–H groups in total. The Labute approximate surface area is 264 Å². The van der Waals surface area contributed by atoms with Gasteiger partial charge in [0.1, 0.15) is 0 Å². The van der Waals surface area contributed by atoms with Crippen molar-refractivity contribution in [1.82, 2.24) is 9.55 Å². The van der Waals surface area contributed by atoms with Crippen molar-refractivity contribution in [2.24, 2.45) is 0 Å². The molecule has 0 fully saturated rings. The van der Waals surface area contributed by atoms with Gasteiger partial charge in [-0.25, -0.2) is 0 Å². The fourth-order valence-corrected chi connectivity index (χ4v) is 7.97. The van der Waals surface area contributed by atoms with E-state index in [4.69, 9.17) is 0 Å². The zero-order valence-corrected chi connectivity index (χ0v) is 25.2. The fraction of sp³-hybridized carbons (Fsp3) is 0. The lowest BCUT2D eigenvalue weighted by Gasteiger charge is -2.25. The van der Waals surface area contributed by atoms with Crippen molar-refractivity contribution >= 4 is 70.3 Å². The Morgan fingerprint density at radius 3 is 2.13 bits per heavy atom. The van der Waals surface area contributed by atoms with Crippen LogP contribution in [-0.4, -0.2) is 9.55 Å². The zero-order chi connectivity index (χ0) is 29.9. The number of rotatable bonds is 3. The number of pyridine rings is 1. The summed E-state index contributed by atoms with van der Waals surface area (Å²) in [7, 11) is 0. The molecule has 4 heterocycles. The summed E-state index contributed by atoms with van der Waals surface area (Å²) in [4.78, 5) is 6.56. The van der Waals surface area contributed by atoms with Gasteiger partial charge in [0.15, 0.2) is 0 Å². The van der Waals surface area contributed by atoms with Crippen LogP contribution in [0.3, 0.4) is 0 Å². The summed E-state index contributed by atoms with van der Waals surface area (Å²) in [6.45, 7) is 4.53. The van der Waals surface area contributed by atoms with E-state index in [-0.39, 0.29) is 0 Å². The van der Waals surface area contributed by atoms with E-state index in [9.17, 15) is 0 Å². The number of para-hydroxylation sites is 2. The Morgan fingerprint density at radius 1 is 0.622 bits per heavy atom. The van der Waals surface area contributed by atoms with Crippen molar-refractivity contribution in [3.63, 3.8) is 0 Å². The molecule has 9 rings (SSSR count). The van der Waals surface area contributed by atoms with Gasteiger partial charge >= 0.3 is 0 Å². The second-order valence-electron chi connectivity index (χ2n) is 11.4. The first kappa shape index (κ1) is 25.8. The van der Waals surface area contributed by atoms with E-state index in [0.717, 1.165) is 28.1 Å². The van der Waals surface area contributed by atoms with Gasteiger partial charge in [-0.1, -0.05) is 79.4 Å². The first-order chi connectivity index (χ1) is 22.2. The van der Waals surface area contributed by atoms with E-state index in [1.807, 2.05) is 23.6 Å². The molecule has 8 aromatic rings. The molecular weight excluding hydrogens is 567 g/mol. The maximum absolute atomic E-state index is 4.53. The van der Waals surface area contributed by atoms with Gasteiger partial charge in [0.05, 0.1) is 16.7 Å². The lowest BCUT2D eigenvalue weighted by atomic mass is 9.99. The third-order valence-corrected chi connectivity index (χ3v) is 10.0. The largest absolute Gasteiger partial charge is 0.317 e. The highest BCUT2D eigenvalue weighted by Gasteiger charge is 2.20. The minimum Gasteiger partial charge on any atom is -0.317 e. The summed E-state index contributed by atoms with van der Waals surface area (Å²) in [5.74, 6) is 0. The first-order valence-corrected chi connectivity index (χ1v) is 15.9. The summed E-state index contributed by atoms with van der Waals surface area (Å²) in [5.41, 5.74) is 10.3. The number of fused-ring (bicyclic) bond motifs is 8. The molecule has 0 spiro atoms. The van der Waals surface area contributed by atoms with Crippen molar-refractivity contribution in [2.75, 3.05) is 4.90 Å². The Morgan fingerprint density at radius 2 is 1.38 bits per heavy atom. The number of hydrogen-bond acceptors (Lipinski definition) is 3. The minimum atomic E-state index is 1.01. The van der Waals surface area contributed by atoms with E-state index in [1.54, 1.807) is 6.20 Å². The van der Waals surface area contributed by atoms with Crippen LogP contribution in [0.5, 0.6) is 0 Å². The average molecular weight is 594 g/mol. The third kappa shape index (κ3) is 4.07. The number of allylic oxidation sites excluding steroid dienone is 4. The van der Waals surface area contributed by atoms with E-state index >= 15 is 0 Å². The molecule has 0 saturated carbocycles. The normalized spacial score (nSPS) is 14.6. The summed E-state index contributed by atoms with van der Waals surface area (Å²) >= 11 is 1.84. The molecule has 45 heavy (non-hydrogen) atoms. The molecule has 1 aliphatic heterocycles. The van der Waals surface area contributed by atoms with Crippen LogP contribution < -0.4 is 4.90 Å². The molecule has 1 aliphatic rings. The summed E-state index contributed by atoms with van der Waals surface area (Å²) < 4.78 is 4.92. The predicted molar refractivity (Wildman–Crippen MR) is 193 cm³/mol. The third-order valence-electron chi connectivity index (χ3n) is 8.80. The number of hydrogen-bond donors (Lipinski definition) is 0. The van der Waals surface area contributed by atoms with E-state index in [0.29, 0.717) is 0 Å². The highest BCUT2D eigenvalue weighted by Crippen LogP contribution is 2.46. The van der Waals surface area contributed by atoms with E-state index in [2.05, 4.69) is 155 Å². The van der Waals surface area contributed by atoms with Crippen molar-refractivity contribution in [1.29, 1.82) is 0 Å². The average Bonchev–Trinajstić information content (AvgIpc) is 3.63. The van der Waals surface area contributed by atoms with Gasteiger partial charge in [-0.2, -0.15) is 0 Å². The summed E-state index contributed by atoms with van der Waals surface area (Å²) in [6.07, 6.45) is 12.1. The molecule has 0 unspecified atom stereocenters. The second kappa shape index (κ2) is 10.2. The van der Waals surface area contributed by atoms with E-state index < -0.39 is 0 Å². The summed E-state index contributed by atoms with van der Waals surface area (Å²) in [5, 5.41) is 5.06. The number of benzene rings is 5. The standard InChI is InChI=1S/C41H27N3S/c1-27-9-6-7-24-43(30-17-15-28(16-18-30)29-10-8-23-42-26-29)38-21-20-34-35-25-31(19-22-39(35)45-41(34)40(27)38)44-36-13-4-2-11-32(36)33-12-3-5-14-37(33)44/h2-26H,1H2/b9-6-,24-7-. The van der Waals surface area contributed by atoms with Gasteiger partial charge in [-0.15, -0.1) is 11.3 Å². The number of aromatic nitrogens is 2. The van der Waals surface area contributed by atoms with Crippen molar-refractivity contribution in [2.45, 2.75) is 0 Å². The quantitative estimate of drug-likeness (QED) is 0.203. The lowest BCUT2D eigenvalue weighted by molar-refractivity contribution is 1.19. The van der Waals surface area contributed by atoms with Gasteiger partial charge in [0, 0.05) is 66.5 Å². The molecule has 0 atom stereocenters. The van der Waals surface area contributed by atoms with Gasteiger partial charge < -0.3 is 9.47 Å². The SMILES string of the molecule is C=C1/C=C\C=C/N(c2ccc(-c3cccnc3)cc2)c2ccc3c(sc4ccc(-n5c6ccccc6c6ccccc65)cc43)c21. The number of anilines is 2. The molecule has 5 aromatic carbocycles. The first-order valence-electron chi connectivity index (χ1n) is 15.1. The van der Waals surface area contributed by atoms with Crippen molar-refractivity contribution < 1.29 is 0 Å². The molecule has 0 radical (unpaired) electrons. The minimum absolute atomic E-state index is 1.01.